The lowest BCUT2D eigenvalue weighted by molar-refractivity contribution is 0.411. The molecule has 4 nitrogen and oxygen atoms in total. The van der Waals surface area contributed by atoms with Gasteiger partial charge in [-0.25, -0.2) is 4.98 Å². The quantitative estimate of drug-likeness (QED) is 0.535. The summed E-state index contributed by atoms with van der Waals surface area (Å²) in [6.45, 7) is 2.18. The van der Waals surface area contributed by atoms with Crippen molar-refractivity contribution < 1.29 is 5.11 Å². The molecule has 2 heterocycles. The molecule has 0 unspecified atom stereocenters. The van der Waals surface area contributed by atoms with E-state index in [0.29, 0.717) is 26.3 Å². The topological polar surface area (TPSA) is 60.2 Å². The van der Waals surface area contributed by atoms with Gasteiger partial charge < -0.3 is 10.0 Å². The van der Waals surface area contributed by atoms with Crippen molar-refractivity contribution in [3.05, 3.63) is 74.2 Å². The maximum Gasteiger partial charge on any atom is 0.139 e. The van der Waals surface area contributed by atoms with E-state index in [1.54, 1.807) is 23.1 Å². The first kappa shape index (κ1) is 18.0. The Kier molecular flexibility index (Phi) is 4.68. The summed E-state index contributed by atoms with van der Waals surface area (Å²) in [6.07, 6.45) is 0. The molecule has 0 amide bonds. The van der Waals surface area contributed by atoms with Gasteiger partial charge in [-0.3, -0.25) is 5.41 Å². The number of amidine groups is 1. The molecule has 0 aliphatic carbocycles. The van der Waals surface area contributed by atoms with Gasteiger partial charge in [0.25, 0.3) is 0 Å². The molecule has 0 bridgehead atoms. The molecular formula is C20H15Cl2N3OS. The zero-order valence-corrected chi connectivity index (χ0v) is 16.7. The molecule has 0 radical (unpaired) electrons. The lowest BCUT2D eigenvalue weighted by Gasteiger charge is -2.19. The van der Waals surface area contributed by atoms with Crippen LogP contribution in [0.4, 0.5) is 5.69 Å². The van der Waals surface area contributed by atoms with E-state index in [1.165, 1.54) is 11.3 Å². The van der Waals surface area contributed by atoms with Crippen LogP contribution in [0.5, 0.6) is 0 Å². The fraction of sp³-hybridized carbons (Fsp3) is 0.100. The second-order valence-corrected chi connectivity index (χ2v) is 8.25. The van der Waals surface area contributed by atoms with Gasteiger partial charge in [-0.15, -0.1) is 11.3 Å². The number of benzene rings is 2. The van der Waals surface area contributed by atoms with Crippen molar-refractivity contribution in [2.75, 3.05) is 11.4 Å². The van der Waals surface area contributed by atoms with E-state index in [0.717, 1.165) is 16.1 Å². The number of aryl methyl sites for hydroxylation is 1. The minimum absolute atomic E-state index is 0.115. The van der Waals surface area contributed by atoms with Gasteiger partial charge in [0.2, 0.25) is 0 Å². The number of anilines is 1. The largest absolute Gasteiger partial charge is 0.510 e. The van der Waals surface area contributed by atoms with Gasteiger partial charge in [-0.2, -0.15) is 0 Å². The average Bonchev–Trinajstić information content (AvgIpc) is 3.14. The predicted molar refractivity (Wildman–Crippen MR) is 113 cm³/mol. The summed E-state index contributed by atoms with van der Waals surface area (Å²) >= 11 is 13.6. The predicted octanol–water partition coefficient (Wildman–Crippen LogP) is 6.19. The molecule has 27 heavy (non-hydrogen) atoms. The van der Waals surface area contributed by atoms with Crippen molar-refractivity contribution in [1.29, 1.82) is 5.41 Å². The minimum Gasteiger partial charge on any atom is -0.510 e. The van der Waals surface area contributed by atoms with Crippen molar-refractivity contribution in [3.8, 4) is 11.3 Å². The molecule has 2 N–H and O–H groups in total. The molecule has 0 fully saturated rings. The highest BCUT2D eigenvalue weighted by atomic mass is 35.5. The van der Waals surface area contributed by atoms with Crippen molar-refractivity contribution in [2.45, 2.75) is 6.92 Å². The van der Waals surface area contributed by atoms with E-state index in [9.17, 15) is 5.11 Å². The maximum absolute atomic E-state index is 10.6. The van der Waals surface area contributed by atoms with Crippen LogP contribution in [0.3, 0.4) is 0 Å². The zero-order valence-electron chi connectivity index (χ0n) is 14.3. The molecule has 2 aromatic carbocycles. The van der Waals surface area contributed by atoms with Crippen LogP contribution in [0.2, 0.25) is 10.0 Å². The van der Waals surface area contributed by atoms with Crippen LogP contribution in [-0.2, 0) is 0 Å². The van der Waals surface area contributed by atoms with Gasteiger partial charge in [0.05, 0.1) is 17.8 Å². The van der Waals surface area contributed by atoms with E-state index in [1.807, 2.05) is 37.3 Å². The third-order valence-corrected chi connectivity index (χ3v) is 5.74. The first-order valence-corrected chi connectivity index (χ1v) is 9.79. The summed E-state index contributed by atoms with van der Waals surface area (Å²) in [4.78, 5) is 7.41. The van der Waals surface area contributed by atoms with Crippen LogP contribution in [0.15, 0.2) is 54.3 Å². The van der Waals surface area contributed by atoms with Crippen molar-refractivity contribution in [1.82, 2.24) is 4.98 Å². The molecule has 0 atom stereocenters. The lowest BCUT2D eigenvalue weighted by Crippen LogP contribution is -2.26. The Morgan fingerprint density at radius 3 is 2.44 bits per heavy atom. The number of nitrogens with one attached hydrogen (secondary N) is 1. The fourth-order valence-corrected chi connectivity index (χ4v) is 4.61. The molecule has 1 aromatic heterocycles. The molecule has 3 aromatic rings. The fourth-order valence-electron chi connectivity index (χ4n) is 3.09. The van der Waals surface area contributed by atoms with Gasteiger partial charge in [0.1, 0.15) is 16.6 Å². The Hall–Kier alpha value is -2.34. The first-order chi connectivity index (χ1) is 12.9. The number of thiazole rings is 1. The summed E-state index contributed by atoms with van der Waals surface area (Å²) < 4.78 is 0. The van der Waals surface area contributed by atoms with E-state index in [4.69, 9.17) is 33.6 Å². The van der Waals surface area contributed by atoms with Gasteiger partial charge in [-0.1, -0.05) is 53.5 Å². The van der Waals surface area contributed by atoms with Crippen LogP contribution in [-0.4, -0.2) is 22.5 Å². The third kappa shape index (κ3) is 3.34. The number of aliphatic hydroxyl groups is 1. The first-order valence-electron chi connectivity index (χ1n) is 8.22. The Labute approximate surface area is 170 Å². The number of halogens is 2. The van der Waals surface area contributed by atoms with Crippen molar-refractivity contribution >= 4 is 51.6 Å². The Morgan fingerprint density at radius 1 is 1.11 bits per heavy atom. The average molecular weight is 416 g/mol. The summed E-state index contributed by atoms with van der Waals surface area (Å²) in [5, 5.41) is 20.7. The van der Waals surface area contributed by atoms with E-state index < -0.39 is 0 Å². The van der Waals surface area contributed by atoms with Crippen LogP contribution in [0.25, 0.3) is 16.8 Å². The number of nitrogens with zero attached hydrogens (tertiary/aromatic N) is 2. The molecule has 4 rings (SSSR count). The van der Waals surface area contributed by atoms with Crippen LogP contribution in [0.1, 0.15) is 9.88 Å². The number of rotatable bonds is 3. The number of hydrogen-bond acceptors (Lipinski definition) is 4. The second-order valence-electron chi connectivity index (χ2n) is 6.17. The maximum atomic E-state index is 10.6. The Morgan fingerprint density at radius 2 is 1.78 bits per heavy atom. The molecule has 7 heteroatoms. The molecule has 1 aliphatic rings. The van der Waals surface area contributed by atoms with Gasteiger partial charge in [-0.05, 0) is 25.1 Å². The smallest absolute Gasteiger partial charge is 0.139 e. The highest BCUT2D eigenvalue weighted by Crippen LogP contribution is 2.37. The minimum atomic E-state index is 0.115. The molecule has 0 spiro atoms. The summed E-state index contributed by atoms with van der Waals surface area (Å²) in [5.41, 5.74) is 2.99. The number of aliphatic hydroxyl groups excluding tert-OH is 1. The second kappa shape index (κ2) is 7.00. The SMILES string of the molecule is Cc1sc(C2=C(O)CN(c3cc(Cl)cc(Cl)c3)C2=N)nc1-c1ccccc1. The highest BCUT2D eigenvalue weighted by Gasteiger charge is 2.32. The summed E-state index contributed by atoms with van der Waals surface area (Å²) in [7, 11) is 0. The number of aromatic nitrogens is 1. The molecule has 0 saturated carbocycles. The van der Waals surface area contributed by atoms with E-state index >= 15 is 0 Å². The third-order valence-electron chi connectivity index (χ3n) is 4.32. The van der Waals surface area contributed by atoms with Crippen LogP contribution in [0, 0.1) is 12.3 Å². The summed E-state index contributed by atoms with van der Waals surface area (Å²) in [6, 6.07) is 15.0. The Bertz CT molecular complexity index is 1060. The standard InChI is InChI=1S/C20H15Cl2N3OS/c1-11-18(12-5-3-2-4-6-12)24-20(27-11)17-16(26)10-25(19(17)23)15-8-13(21)7-14(22)9-15/h2-9,23,26H,10H2,1H3. The van der Waals surface area contributed by atoms with Gasteiger partial charge in [0, 0.05) is 26.2 Å². The van der Waals surface area contributed by atoms with E-state index in [-0.39, 0.29) is 18.1 Å². The van der Waals surface area contributed by atoms with Gasteiger partial charge in [0.15, 0.2) is 0 Å². The molecule has 136 valence electrons. The number of hydrogen-bond donors (Lipinski definition) is 2. The zero-order chi connectivity index (χ0) is 19.1. The van der Waals surface area contributed by atoms with Crippen LogP contribution >= 0.6 is 34.5 Å². The molecule has 0 saturated heterocycles. The van der Waals surface area contributed by atoms with Crippen molar-refractivity contribution in [2.24, 2.45) is 0 Å². The van der Waals surface area contributed by atoms with E-state index in [2.05, 4.69) is 0 Å². The summed E-state index contributed by atoms with van der Waals surface area (Å²) in [5.74, 6) is 0.295. The Balaban J connectivity index is 1.71. The lowest BCUT2D eigenvalue weighted by atomic mass is 10.1. The highest BCUT2D eigenvalue weighted by molar-refractivity contribution is 7.13. The van der Waals surface area contributed by atoms with Gasteiger partial charge >= 0.3 is 0 Å². The monoisotopic (exact) mass is 415 g/mol. The van der Waals surface area contributed by atoms with Crippen LogP contribution < -0.4 is 4.90 Å². The molecular weight excluding hydrogens is 401 g/mol. The van der Waals surface area contributed by atoms with Crippen molar-refractivity contribution in [3.63, 3.8) is 0 Å². The normalized spacial score (nSPS) is 14.3. The molecule has 1 aliphatic heterocycles.